The number of anilines is 1. The number of carbonyl (C=O) groups is 2. The Hall–Kier alpha value is -2.95. The molecule has 0 saturated carbocycles. The lowest BCUT2D eigenvalue weighted by Crippen LogP contribution is -2.12. The van der Waals surface area contributed by atoms with Gasteiger partial charge in [0.25, 0.3) is 5.91 Å². The van der Waals surface area contributed by atoms with Crippen LogP contribution in [0, 0.1) is 6.92 Å². The van der Waals surface area contributed by atoms with E-state index >= 15 is 0 Å². The molecule has 0 aliphatic carbocycles. The highest BCUT2D eigenvalue weighted by atomic mass is 16.4. The first kappa shape index (κ1) is 14.5. The van der Waals surface area contributed by atoms with Gasteiger partial charge in [0.1, 0.15) is 0 Å². The van der Waals surface area contributed by atoms with E-state index in [9.17, 15) is 9.59 Å². The number of nitrogens with one attached hydrogen (secondary N) is 1. The number of carbonyl (C=O) groups excluding carboxylic acids is 1. The molecule has 0 saturated heterocycles. The van der Waals surface area contributed by atoms with Crippen molar-refractivity contribution in [3.8, 4) is 0 Å². The molecular weight excluding hydrogens is 268 g/mol. The Morgan fingerprint density at radius 1 is 1.24 bits per heavy atom. The first-order chi connectivity index (χ1) is 10.0. The van der Waals surface area contributed by atoms with Crippen LogP contribution in [0.4, 0.5) is 5.69 Å². The minimum atomic E-state index is -1.02. The number of carboxylic acids is 1. The van der Waals surface area contributed by atoms with Gasteiger partial charge in [0.2, 0.25) is 0 Å². The molecule has 1 aromatic heterocycles. The summed E-state index contributed by atoms with van der Waals surface area (Å²) in [6.07, 6.45) is 4.10. The molecule has 1 heterocycles. The highest BCUT2D eigenvalue weighted by molar-refractivity contribution is 6.04. The van der Waals surface area contributed by atoms with Crippen molar-refractivity contribution in [3.63, 3.8) is 0 Å². The second-order valence-electron chi connectivity index (χ2n) is 4.44. The molecule has 21 heavy (non-hydrogen) atoms. The molecule has 0 aliphatic heterocycles. The topological polar surface area (TPSA) is 79.3 Å². The highest BCUT2D eigenvalue weighted by Crippen LogP contribution is 2.13. The number of benzene rings is 1. The van der Waals surface area contributed by atoms with Gasteiger partial charge < -0.3 is 10.4 Å². The summed E-state index contributed by atoms with van der Waals surface area (Å²) in [6.45, 7) is 1.81. The first-order valence-corrected chi connectivity index (χ1v) is 6.30. The largest absolute Gasteiger partial charge is 0.478 e. The molecule has 0 atom stereocenters. The van der Waals surface area contributed by atoms with Gasteiger partial charge in [0, 0.05) is 29.2 Å². The normalized spacial score (nSPS) is 10.5. The predicted octanol–water partition coefficient (Wildman–Crippen LogP) is 2.74. The lowest BCUT2D eigenvalue weighted by Gasteiger charge is -2.06. The highest BCUT2D eigenvalue weighted by Gasteiger charge is 2.06. The van der Waals surface area contributed by atoms with Crippen LogP contribution >= 0.6 is 0 Å². The van der Waals surface area contributed by atoms with E-state index in [1.165, 1.54) is 6.08 Å². The van der Waals surface area contributed by atoms with Gasteiger partial charge in [-0.05, 0) is 42.8 Å². The van der Waals surface area contributed by atoms with Gasteiger partial charge in [0.15, 0.2) is 0 Å². The van der Waals surface area contributed by atoms with E-state index in [4.69, 9.17) is 5.11 Å². The van der Waals surface area contributed by atoms with Crippen molar-refractivity contribution in [1.82, 2.24) is 4.98 Å². The Balaban J connectivity index is 2.14. The van der Waals surface area contributed by atoms with Crippen molar-refractivity contribution in [2.75, 3.05) is 5.32 Å². The second kappa shape index (κ2) is 6.47. The van der Waals surface area contributed by atoms with Crippen LogP contribution in [0.1, 0.15) is 21.6 Å². The molecule has 0 bridgehead atoms. The van der Waals surface area contributed by atoms with Gasteiger partial charge in [-0.15, -0.1) is 0 Å². The minimum absolute atomic E-state index is 0.236. The molecule has 0 unspecified atom stereocenters. The van der Waals surface area contributed by atoms with E-state index in [0.29, 0.717) is 16.8 Å². The third kappa shape index (κ3) is 4.28. The number of amides is 1. The minimum Gasteiger partial charge on any atom is -0.478 e. The van der Waals surface area contributed by atoms with Gasteiger partial charge in [0.05, 0.1) is 0 Å². The summed E-state index contributed by atoms with van der Waals surface area (Å²) < 4.78 is 0. The van der Waals surface area contributed by atoms with Crippen LogP contribution in [0.25, 0.3) is 6.08 Å². The average Bonchev–Trinajstić information content (AvgIpc) is 2.45. The van der Waals surface area contributed by atoms with Crippen molar-refractivity contribution >= 4 is 23.6 Å². The van der Waals surface area contributed by atoms with Crippen LogP contribution in [-0.2, 0) is 4.79 Å². The molecule has 106 valence electrons. The van der Waals surface area contributed by atoms with E-state index in [0.717, 1.165) is 11.8 Å². The number of nitrogens with zero attached hydrogens (tertiary/aromatic N) is 1. The molecule has 1 amide bonds. The van der Waals surface area contributed by atoms with Crippen LogP contribution < -0.4 is 5.32 Å². The fraction of sp³-hybridized carbons (Fsp3) is 0.0625. The number of pyridine rings is 1. The van der Waals surface area contributed by atoms with Gasteiger partial charge in [-0.25, -0.2) is 4.79 Å². The summed E-state index contributed by atoms with van der Waals surface area (Å²) in [4.78, 5) is 26.6. The summed E-state index contributed by atoms with van der Waals surface area (Å²) in [5.74, 6) is -1.25. The van der Waals surface area contributed by atoms with E-state index in [1.54, 1.807) is 42.6 Å². The van der Waals surface area contributed by atoms with Gasteiger partial charge in [-0.2, -0.15) is 0 Å². The number of hydrogen-bond donors (Lipinski definition) is 2. The third-order valence-electron chi connectivity index (χ3n) is 2.72. The molecule has 5 nitrogen and oxygen atoms in total. The van der Waals surface area contributed by atoms with E-state index < -0.39 is 5.97 Å². The lowest BCUT2D eigenvalue weighted by molar-refractivity contribution is -0.131. The Morgan fingerprint density at radius 2 is 2.05 bits per heavy atom. The SMILES string of the molecule is Cc1cc(C(=O)Nc2cccc(/C=C/C(=O)O)c2)ccn1. The van der Waals surface area contributed by atoms with Crippen LogP contribution in [0.5, 0.6) is 0 Å². The maximum absolute atomic E-state index is 12.1. The molecule has 5 heteroatoms. The smallest absolute Gasteiger partial charge is 0.328 e. The van der Waals surface area contributed by atoms with Crippen molar-refractivity contribution in [3.05, 3.63) is 65.5 Å². The molecule has 2 N–H and O–H groups in total. The Morgan fingerprint density at radius 3 is 2.76 bits per heavy atom. The number of aromatic nitrogens is 1. The Bertz CT molecular complexity index is 708. The number of carboxylic acid groups (broad SMARTS) is 1. The molecule has 0 spiro atoms. The van der Waals surface area contributed by atoms with Crippen molar-refractivity contribution in [2.45, 2.75) is 6.92 Å². The van der Waals surface area contributed by atoms with Gasteiger partial charge in [-0.3, -0.25) is 9.78 Å². The number of hydrogen-bond acceptors (Lipinski definition) is 3. The zero-order chi connectivity index (χ0) is 15.2. The zero-order valence-corrected chi connectivity index (χ0v) is 11.4. The van der Waals surface area contributed by atoms with Crippen LogP contribution in [-0.4, -0.2) is 22.0 Å². The van der Waals surface area contributed by atoms with E-state index in [2.05, 4.69) is 10.3 Å². The summed E-state index contributed by atoms with van der Waals surface area (Å²) >= 11 is 0. The summed E-state index contributed by atoms with van der Waals surface area (Å²) in [7, 11) is 0. The van der Waals surface area contributed by atoms with Gasteiger partial charge in [-0.1, -0.05) is 12.1 Å². The average molecular weight is 282 g/mol. The molecule has 2 rings (SSSR count). The van der Waals surface area contributed by atoms with E-state index in [1.807, 2.05) is 6.92 Å². The van der Waals surface area contributed by atoms with Crippen molar-refractivity contribution < 1.29 is 14.7 Å². The summed E-state index contributed by atoms with van der Waals surface area (Å²) in [5.41, 5.74) is 2.58. The van der Waals surface area contributed by atoms with E-state index in [-0.39, 0.29) is 5.91 Å². The number of aryl methyl sites for hydroxylation is 1. The maximum Gasteiger partial charge on any atom is 0.328 e. The fourth-order valence-corrected chi connectivity index (χ4v) is 1.78. The standard InChI is InChI=1S/C16H14N2O3/c1-11-9-13(7-8-17-11)16(21)18-14-4-2-3-12(10-14)5-6-15(19)20/h2-10H,1H3,(H,18,21)(H,19,20)/b6-5+. The zero-order valence-electron chi connectivity index (χ0n) is 11.4. The van der Waals surface area contributed by atoms with Crippen LogP contribution in [0.3, 0.4) is 0 Å². The lowest BCUT2D eigenvalue weighted by atomic mass is 10.1. The molecular formula is C16H14N2O3. The Labute approximate surface area is 122 Å². The van der Waals surface area contributed by atoms with Crippen LogP contribution in [0.15, 0.2) is 48.7 Å². The summed E-state index contributed by atoms with van der Waals surface area (Å²) in [5, 5.41) is 11.4. The quantitative estimate of drug-likeness (QED) is 0.845. The molecule has 0 aliphatic rings. The monoisotopic (exact) mass is 282 g/mol. The third-order valence-corrected chi connectivity index (χ3v) is 2.72. The Kier molecular flexibility index (Phi) is 4.46. The summed E-state index contributed by atoms with van der Waals surface area (Å²) in [6, 6.07) is 10.3. The number of aliphatic carboxylic acids is 1. The maximum atomic E-state index is 12.1. The predicted molar refractivity (Wildman–Crippen MR) is 80.0 cm³/mol. The number of rotatable bonds is 4. The molecule has 0 radical (unpaired) electrons. The fourth-order valence-electron chi connectivity index (χ4n) is 1.78. The van der Waals surface area contributed by atoms with Crippen molar-refractivity contribution in [1.29, 1.82) is 0 Å². The van der Waals surface area contributed by atoms with Gasteiger partial charge >= 0.3 is 5.97 Å². The molecule has 0 fully saturated rings. The molecule has 1 aromatic carbocycles. The van der Waals surface area contributed by atoms with Crippen LogP contribution in [0.2, 0.25) is 0 Å². The first-order valence-electron chi connectivity index (χ1n) is 6.30. The molecule has 2 aromatic rings. The van der Waals surface area contributed by atoms with Crippen molar-refractivity contribution in [2.24, 2.45) is 0 Å². The second-order valence-corrected chi connectivity index (χ2v) is 4.44.